The Balaban J connectivity index is 1.51. The van der Waals surface area contributed by atoms with Gasteiger partial charge in [-0.15, -0.1) is 0 Å². The molecule has 2 fully saturated rings. The lowest BCUT2D eigenvalue weighted by Gasteiger charge is -2.29. The van der Waals surface area contributed by atoms with Gasteiger partial charge in [0.15, 0.2) is 5.16 Å². The molecule has 2 aliphatic rings. The summed E-state index contributed by atoms with van der Waals surface area (Å²) in [5.74, 6) is 1.13. The molecule has 8 heteroatoms. The maximum atomic E-state index is 13.6. The first kappa shape index (κ1) is 22.2. The number of benzene rings is 1. The van der Waals surface area contributed by atoms with Crippen molar-refractivity contribution in [3.8, 4) is 5.75 Å². The molecule has 0 spiro atoms. The number of amides is 1. The van der Waals surface area contributed by atoms with Gasteiger partial charge < -0.3 is 19.1 Å². The van der Waals surface area contributed by atoms with Gasteiger partial charge in [-0.3, -0.25) is 9.69 Å². The van der Waals surface area contributed by atoms with Gasteiger partial charge in [0.2, 0.25) is 5.91 Å². The van der Waals surface area contributed by atoms with Crippen LogP contribution in [0.25, 0.3) is 0 Å². The Hall–Kier alpha value is -2.03. The Morgan fingerprint density at radius 3 is 2.87 bits per heavy atom. The van der Waals surface area contributed by atoms with Crippen molar-refractivity contribution in [3.63, 3.8) is 0 Å². The van der Waals surface area contributed by atoms with Crippen LogP contribution in [0.5, 0.6) is 5.75 Å². The Bertz CT molecular complexity index is 888. The van der Waals surface area contributed by atoms with Crippen molar-refractivity contribution in [2.24, 2.45) is 7.05 Å². The van der Waals surface area contributed by atoms with Gasteiger partial charge in [-0.1, -0.05) is 23.9 Å². The van der Waals surface area contributed by atoms with Gasteiger partial charge in [-0.25, -0.2) is 4.98 Å². The Kier molecular flexibility index (Phi) is 7.20. The Labute approximate surface area is 189 Å². The molecule has 31 heavy (non-hydrogen) atoms. The topological polar surface area (TPSA) is 53.8 Å². The number of ether oxygens (including phenoxy) is 1. The van der Waals surface area contributed by atoms with Gasteiger partial charge in [0.05, 0.1) is 13.2 Å². The molecule has 2 atom stereocenters. The van der Waals surface area contributed by atoms with E-state index >= 15 is 0 Å². The molecule has 168 valence electrons. The zero-order chi connectivity index (χ0) is 21.8. The number of methoxy groups -OCH3 is 1. The highest BCUT2D eigenvalue weighted by atomic mass is 32.2. The van der Waals surface area contributed by atoms with E-state index in [1.807, 2.05) is 31.6 Å². The molecule has 0 aliphatic carbocycles. The van der Waals surface area contributed by atoms with Crippen LogP contribution in [0.15, 0.2) is 41.8 Å². The monoisotopic (exact) mass is 443 g/mol. The molecular weight excluding hydrogens is 410 g/mol. The molecular formula is C23H33N5O2S. The fourth-order valence-corrected chi connectivity index (χ4v) is 5.67. The lowest BCUT2D eigenvalue weighted by atomic mass is 10.1. The molecule has 0 bridgehead atoms. The molecule has 1 aromatic heterocycles. The smallest absolute Gasteiger partial charge is 0.240 e. The first-order valence-electron chi connectivity index (χ1n) is 11.0. The summed E-state index contributed by atoms with van der Waals surface area (Å²) in [5.41, 5.74) is 1.18. The van der Waals surface area contributed by atoms with Crippen LogP contribution in [0.3, 0.4) is 0 Å². The van der Waals surface area contributed by atoms with Crippen LogP contribution in [-0.2, 0) is 18.4 Å². The van der Waals surface area contributed by atoms with Gasteiger partial charge in [0, 0.05) is 57.4 Å². The van der Waals surface area contributed by atoms with Crippen molar-refractivity contribution in [2.75, 3.05) is 46.9 Å². The fraction of sp³-hybridized carbons (Fsp3) is 0.565. The van der Waals surface area contributed by atoms with Crippen LogP contribution in [0.2, 0.25) is 0 Å². The summed E-state index contributed by atoms with van der Waals surface area (Å²) in [7, 11) is 5.85. The van der Waals surface area contributed by atoms with E-state index in [9.17, 15) is 4.79 Å². The van der Waals surface area contributed by atoms with Crippen LogP contribution in [0, 0.1) is 0 Å². The van der Waals surface area contributed by atoms with Crippen molar-refractivity contribution in [1.29, 1.82) is 0 Å². The van der Waals surface area contributed by atoms with Crippen LogP contribution in [0.4, 0.5) is 0 Å². The van der Waals surface area contributed by atoms with E-state index in [0.717, 1.165) is 63.0 Å². The zero-order valence-electron chi connectivity index (χ0n) is 18.7. The average molecular weight is 444 g/mol. The van der Waals surface area contributed by atoms with E-state index in [1.165, 1.54) is 5.56 Å². The number of imidazole rings is 1. The molecule has 0 radical (unpaired) electrons. The van der Waals surface area contributed by atoms with Crippen molar-refractivity contribution in [1.82, 2.24) is 24.3 Å². The summed E-state index contributed by atoms with van der Waals surface area (Å²) < 4.78 is 7.46. The third kappa shape index (κ3) is 5.42. The van der Waals surface area contributed by atoms with Crippen molar-refractivity contribution < 1.29 is 9.53 Å². The molecule has 1 amide bonds. The number of likely N-dealkylation sites (N-methyl/N-ethyl adjacent to an activating group) is 1. The van der Waals surface area contributed by atoms with Gasteiger partial charge >= 0.3 is 0 Å². The van der Waals surface area contributed by atoms with Gasteiger partial charge in [-0.05, 0) is 44.1 Å². The lowest BCUT2D eigenvalue weighted by Crippen LogP contribution is -2.46. The standard InChI is InChI=1S/C23H33N5O2S/c1-25-9-5-10-27(13-12-25)22(29)21-15-20(31-23-24-8-11-26(23)2)17-28(21)16-18-6-4-7-19(14-18)30-3/h4,6-8,11,14,20-21H,5,9-10,12-13,15-17H2,1-3H3/t20-,21+/m1/s1. The fourth-order valence-electron chi connectivity index (χ4n) is 4.48. The first-order chi connectivity index (χ1) is 15.0. The zero-order valence-corrected chi connectivity index (χ0v) is 19.6. The van der Waals surface area contributed by atoms with Crippen molar-refractivity contribution >= 4 is 17.7 Å². The molecule has 2 aliphatic heterocycles. The highest BCUT2D eigenvalue weighted by Gasteiger charge is 2.39. The summed E-state index contributed by atoms with van der Waals surface area (Å²) in [4.78, 5) is 24.8. The first-order valence-corrected chi connectivity index (χ1v) is 11.9. The normalized spacial score (nSPS) is 23.1. The number of carbonyl (C=O) groups is 1. The van der Waals surface area contributed by atoms with E-state index in [4.69, 9.17) is 4.74 Å². The molecule has 0 saturated carbocycles. The van der Waals surface area contributed by atoms with E-state index in [2.05, 4.69) is 43.4 Å². The van der Waals surface area contributed by atoms with E-state index < -0.39 is 0 Å². The van der Waals surface area contributed by atoms with E-state index in [0.29, 0.717) is 5.25 Å². The molecule has 1 aromatic carbocycles. The third-order valence-corrected chi connectivity index (χ3v) is 7.53. The number of aromatic nitrogens is 2. The maximum Gasteiger partial charge on any atom is 0.240 e. The minimum absolute atomic E-state index is 0.0904. The number of thioether (sulfide) groups is 1. The van der Waals surface area contributed by atoms with Crippen molar-refractivity contribution in [2.45, 2.75) is 35.8 Å². The van der Waals surface area contributed by atoms with Crippen LogP contribution >= 0.6 is 11.8 Å². The Morgan fingerprint density at radius 2 is 2.10 bits per heavy atom. The second-order valence-corrected chi connectivity index (χ2v) is 9.84. The summed E-state index contributed by atoms with van der Waals surface area (Å²) in [6, 6.07) is 8.08. The number of hydrogen-bond acceptors (Lipinski definition) is 6. The molecule has 4 rings (SSSR count). The molecule has 0 N–H and O–H groups in total. The summed E-state index contributed by atoms with van der Waals surface area (Å²) in [6.07, 6.45) is 5.70. The second kappa shape index (κ2) is 10.1. The van der Waals surface area contributed by atoms with Crippen molar-refractivity contribution in [3.05, 3.63) is 42.2 Å². The molecule has 7 nitrogen and oxygen atoms in total. The predicted octanol–water partition coefficient (Wildman–Crippen LogP) is 2.33. The molecule has 2 saturated heterocycles. The van der Waals surface area contributed by atoms with Crippen LogP contribution in [0.1, 0.15) is 18.4 Å². The number of nitrogens with zero attached hydrogens (tertiary/aromatic N) is 5. The number of hydrogen-bond donors (Lipinski definition) is 0. The number of likely N-dealkylation sites (tertiary alicyclic amines) is 1. The SMILES string of the molecule is COc1cccc(CN2C[C@H](Sc3nccn3C)C[C@H]2C(=O)N2CCCN(C)CC2)c1. The molecule has 2 aromatic rings. The quantitative estimate of drug-likeness (QED) is 0.683. The summed E-state index contributed by atoms with van der Waals surface area (Å²) >= 11 is 1.79. The van der Waals surface area contributed by atoms with Gasteiger partial charge in [-0.2, -0.15) is 0 Å². The number of carbonyl (C=O) groups excluding carboxylic acids is 1. The second-order valence-electron chi connectivity index (χ2n) is 8.58. The average Bonchev–Trinajstić information content (AvgIpc) is 3.28. The largest absolute Gasteiger partial charge is 0.497 e. The summed E-state index contributed by atoms with van der Waals surface area (Å²) in [5, 5.41) is 1.35. The number of rotatable bonds is 6. The van der Waals surface area contributed by atoms with Crippen LogP contribution < -0.4 is 4.74 Å². The van der Waals surface area contributed by atoms with Gasteiger partial charge in [0.25, 0.3) is 0 Å². The minimum Gasteiger partial charge on any atom is -0.497 e. The predicted molar refractivity (Wildman–Crippen MR) is 123 cm³/mol. The lowest BCUT2D eigenvalue weighted by molar-refractivity contribution is -0.136. The number of aryl methyl sites for hydroxylation is 1. The molecule has 3 heterocycles. The third-order valence-electron chi connectivity index (χ3n) is 6.25. The highest BCUT2D eigenvalue weighted by Crippen LogP contribution is 2.34. The Morgan fingerprint density at radius 1 is 1.23 bits per heavy atom. The minimum atomic E-state index is -0.0904. The van der Waals surface area contributed by atoms with Crippen LogP contribution in [-0.4, -0.2) is 88.3 Å². The van der Waals surface area contributed by atoms with E-state index in [1.54, 1.807) is 18.9 Å². The highest BCUT2D eigenvalue weighted by molar-refractivity contribution is 7.99. The van der Waals surface area contributed by atoms with Gasteiger partial charge in [0.1, 0.15) is 5.75 Å². The van der Waals surface area contributed by atoms with E-state index in [-0.39, 0.29) is 11.9 Å². The molecule has 0 unspecified atom stereocenters. The maximum absolute atomic E-state index is 13.6. The summed E-state index contributed by atoms with van der Waals surface area (Å²) in [6.45, 7) is 5.29.